The molecule has 0 atom stereocenters. The SMILES string of the molecule is O=c1[nH]c(=O)c2cc(N3CCNCC3)ccc2[nH]1. The van der Waals surface area contributed by atoms with Crippen molar-refractivity contribution in [2.24, 2.45) is 0 Å². The van der Waals surface area contributed by atoms with Crippen LogP contribution in [0.4, 0.5) is 5.69 Å². The van der Waals surface area contributed by atoms with E-state index in [0.717, 1.165) is 31.9 Å². The third kappa shape index (κ3) is 1.91. The number of aromatic amines is 2. The van der Waals surface area contributed by atoms with Crippen LogP contribution in [0.2, 0.25) is 0 Å². The van der Waals surface area contributed by atoms with Gasteiger partial charge in [0.15, 0.2) is 0 Å². The summed E-state index contributed by atoms with van der Waals surface area (Å²) in [5.41, 5.74) is 0.775. The van der Waals surface area contributed by atoms with E-state index < -0.39 is 5.69 Å². The Morgan fingerprint density at radius 2 is 1.83 bits per heavy atom. The Kier molecular flexibility index (Phi) is 2.64. The predicted octanol–water partition coefficient (Wildman–Crippen LogP) is -0.374. The van der Waals surface area contributed by atoms with Crippen molar-refractivity contribution in [3.63, 3.8) is 0 Å². The fourth-order valence-corrected chi connectivity index (χ4v) is 2.27. The Balaban J connectivity index is 2.10. The van der Waals surface area contributed by atoms with Crippen LogP contribution in [0.1, 0.15) is 0 Å². The van der Waals surface area contributed by atoms with Crippen LogP contribution in [-0.4, -0.2) is 36.1 Å². The molecule has 0 saturated carbocycles. The van der Waals surface area contributed by atoms with Gasteiger partial charge in [-0.1, -0.05) is 0 Å². The first-order valence-corrected chi connectivity index (χ1v) is 5.96. The zero-order valence-corrected chi connectivity index (χ0v) is 9.82. The van der Waals surface area contributed by atoms with Gasteiger partial charge in [0.2, 0.25) is 0 Å². The topological polar surface area (TPSA) is 81.0 Å². The zero-order chi connectivity index (χ0) is 12.5. The Bertz CT molecular complexity index is 682. The average Bonchev–Trinajstić information content (AvgIpc) is 2.39. The third-order valence-corrected chi connectivity index (χ3v) is 3.21. The maximum absolute atomic E-state index is 11.7. The Morgan fingerprint density at radius 1 is 1.06 bits per heavy atom. The molecule has 1 saturated heterocycles. The second kappa shape index (κ2) is 4.30. The van der Waals surface area contributed by atoms with Gasteiger partial charge in [-0.15, -0.1) is 0 Å². The molecule has 1 fully saturated rings. The van der Waals surface area contributed by atoms with Gasteiger partial charge in [-0.25, -0.2) is 4.79 Å². The molecule has 2 heterocycles. The summed E-state index contributed by atoms with van der Waals surface area (Å²) < 4.78 is 0. The van der Waals surface area contributed by atoms with Crippen LogP contribution < -0.4 is 21.5 Å². The molecule has 0 spiro atoms. The molecule has 1 aliphatic heterocycles. The molecule has 2 aromatic rings. The largest absolute Gasteiger partial charge is 0.369 e. The van der Waals surface area contributed by atoms with Gasteiger partial charge in [0.1, 0.15) is 0 Å². The highest BCUT2D eigenvalue weighted by Gasteiger charge is 2.11. The summed E-state index contributed by atoms with van der Waals surface area (Å²) in [4.78, 5) is 30.0. The second-order valence-electron chi connectivity index (χ2n) is 4.38. The van der Waals surface area contributed by atoms with E-state index in [1.807, 2.05) is 12.1 Å². The maximum atomic E-state index is 11.7. The molecule has 0 amide bonds. The van der Waals surface area contributed by atoms with Gasteiger partial charge in [0.05, 0.1) is 10.9 Å². The molecule has 6 nitrogen and oxygen atoms in total. The second-order valence-corrected chi connectivity index (χ2v) is 4.38. The third-order valence-electron chi connectivity index (χ3n) is 3.21. The number of hydrogen-bond acceptors (Lipinski definition) is 4. The monoisotopic (exact) mass is 246 g/mol. The molecule has 1 aromatic heterocycles. The summed E-state index contributed by atoms with van der Waals surface area (Å²) in [6.07, 6.45) is 0. The summed E-state index contributed by atoms with van der Waals surface area (Å²) >= 11 is 0. The normalized spacial score (nSPS) is 16.1. The highest BCUT2D eigenvalue weighted by Crippen LogP contribution is 2.18. The standard InChI is InChI=1S/C12H14N4O2/c17-11-9-7-8(16-5-3-13-4-6-16)1-2-10(9)14-12(18)15-11/h1-2,7,13H,3-6H2,(H2,14,15,17,18). The number of hydrogen-bond donors (Lipinski definition) is 3. The van der Waals surface area contributed by atoms with Crippen molar-refractivity contribution in [3.05, 3.63) is 39.0 Å². The lowest BCUT2D eigenvalue weighted by molar-refractivity contribution is 0.589. The van der Waals surface area contributed by atoms with Crippen LogP contribution in [0.15, 0.2) is 27.8 Å². The number of anilines is 1. The number of piperazine rings is 1. The minimum atomic E-state index is -0.470. The van der Waals surface area contributed by atoms with Gasteiger partial charge in [-0.05, 0) is 18.2 Å². The van der Waals surface area contributed by atoms with Crippen molar-refractivity contribution < 1.29 is 0 Å². The van der Waals surface area contributed by atoms with Crippen LogP contribution in [0.3, 0.4) is 0 Å². The van der Waals surface area contributed by atoms with Gasteiger partial charge < -0.3 is 15.2 Å². The zero-order valence-electron chi connectivity index (χ0n) is 9.82. The minimum Gasteiger partial charge on any atom is -0.369 e. The van der Waals surface area contributed by atoms with Gasteiger partial charge >= 0.3 is 5.69 Å². The van der Waals surface area contributed by atoms with Crippen molar-refractivity contribution >= 4 is 16.6 Å². The molecule has 6 heteroatoms. The first kappa shape index (κ1) is 11.0. The quantitative estimate of drug-likeness (QED) is 0.641. The van der Waals surface area contributed by atoms with Gasteiger partial charge in [-0.3, -0.25) is 9.78 Å². The predicted molar refractivity (Wildman–Crippen MR) is 70.3 cm³/mol. The summed E-state index contributed by atoms with van der Waals surface area (Å²) in [5, 5.41) is 3.80. The van der Waals surface area contributed by atoms with E-state index in [4.69, 9.17) is 0 Å². The van der Waals surface area contributed by atoms with Crippen molar-refractivity contribution in [2.45, 2.75) is 0 Å². The maximum Gasteiger partial charge on any atom is 0.326 e. The number of nitrogens with zero attached hydrogens (tertiary/aromatic N) is 1. The molecular weight excluding hydrogens is 232 g/mol. The molecule has 0 bridgehead atoms. The van der Waals surface area contributed by atoms with E-state index in [-0.39, 0.29) is 5.56 Å². The van der Waals surface area contributed by atoms with E-state index in [0.29, 0.717) is 10.9 Å². The summed E-state index contributed by atoms with van der Waals surface area (Å²) in [7, 11) is 0. The molecule has 3 rings (SSSR count). The lowest BCUT2D eigenvalue weighted by atomic mass is 10.2. The van der Waals surface area contributed by atoms with Crippen molar-refractivity contribution in [3.8, 4) is 0 Å². The summed E-state index contributed by atoms with van der Waals surface area (Å²) in [5.74, 6) is 0. The Morgan fingerprint density at radius 3 is 2.61 bits per heavy atom. The first-order valence-electron chi connectivity index (χ1n) is 5.96. The highest BCUT2D eigenvalue weighted by atomic mass is 16.2. The average molecular weight is 246 g/mol. The van der Waals surface area contributed by atoms with Gasteiger partial charge in [0, 0.05) is 31.9 Å². The van der Waals surface area contributed by atoms with E-state index in [1.165, 1.54) is 0 Å². The van der Waals surface area contributed by atoms with E-state index in [1.54, 1.807) is 6.07 Å². The lowest BCUT2D eigenvalue weighted by Crippen LogP contribution is -2.43. The summed E-state index contributed by atoms with van der Waals surface area (Å²) in [6, 6.07) is 5.54. The fourth-order valence-electron chi connectivity index (χ4n) is 2.27. The van der Waals surface area contributed by atoms with Crippen LogP contribution in [-0.2, 0) is 0 Å². The van der Waals surface area contributed by atoms with Crippen molar-refractivity contribution in [1.82, 2.24) is 15.3 Å². The molecule has 1 aliphatic rings. The van der Waals surface area contributed by atoms with Crippen LogP contribution in [0.25, 0.3) is 10.9 Å². The van der Waals surface area contributed by atoms with Gasteiger partial charge in [0.25, 0.3) is 5.56 Å². The molecule has 1 aromatic carbocycles. The molecule has 3 N–H and O–H groups in total. The number of nitrogens with one attached hydrogen (secondary N) is 3. The number of aromatic nitrogens is 2. The fraction of sp³-hybridized carbons (Fsp3) is 0.333. The van der Waals surface area contributed by atoms with E-state index in [9.17, 15) is 9.59 Å². The van der Waals surface area contributed by atoms with Crippen LogP contribution in [0.5, 0.6) is 0 Å². The molecular formula is C12H14N4O2. The number of rotatable bonds is 1. The molecule has 18 heavy (non-hydrogen) atoms. The van der Waals surface area contributed by atoms with Crippen LogP contribution >= 0.6 is 0 Å². The Hall–Kier alpha value is -2.08. The molecule has 0 unspecified atom stereocenters. The van der Waals surface area contributed by atoms with E-state index in [2.05, 4.69) is 20.2 Å². The highest BCUT2D eigenvalue weighted by molar-refractivity contribution is 5.81. The van der Waals surface area contributed by atoms with Crippen molar-refractivity contribution in [1.29, 1.82) is 0 Å². The van der Waals surface area contributed by atoms with Gasteiger partial charge in [-0.2, -0.15) is 0 Å². The Labute approximate surface area is 103 Å². The number of H-pyrrole nitrogens is 2. The first-order chi connectivity index (χ1) is 8.74. The van der Waals surface area contributed by atoms with Crippen LogP contribution in [0, 0.1) is 0 Å². The van der Waals surface area contributed by atoms with Crippen molar-refractivity contribution in [2.75, 3.05) is 31.1 Å². The minimum absolute atomic E-state index is 0.342. The molecule has 0 radical (unpaired) electrons. The number of benzene rings is 1. The smallest absolute Gasteiger partial charge is 0.326 e. The van der Waals surface area contributed by atoms with E-state index >= 15 is 0 Å². The lowest BCUT2D eigenvalue weighted by Gasteiger charge is -2.29. The molecule has 94 valence electrons. The number of fused-ring (bicyclic) bond motifs is 1. The summed E-state index contributed by atoms with van der Waals surface area (Å²) in [6.45, 7) is 3.74. The molecule has 0 aliphatic carbocycles.